The fraction of sp³-hybridized carbons (Fsp3) is 0.462. The van der Waals surface area contributed by atoms with Gasteiger partial charge in [-0.1, -0.05) is 18.2 Å². The first-order chi connectivity index (χ1) is 8.59. The minimum Gasteiger partial charge on any atom is -0.386 e. The lowest BCUT2D eigenvalue weighted by molar-refractivity contribution is -0.121. The van der Waals surface area contributed by atoms with Gasteiger partial charge in [-0.2, -0.15) is 0 Å². The van der Waals surface area contributed by atoms with Crippen molar-refractivity contribution >= 4 is 5.91 Å². The van der Waals surface area contributed by atoms with Crippen molar-refractivity contribution < 1.29 is 19.0 Å². The first-order valence-corrected chi connectivity index (χ1v) is 5.89. The summed E-state index contributed by atoms with van der Waals surface area (Å²) in [5.74, 6) is -0.698. The molecule has 1 unspecified atom stereocenters. The second kappa shape index (κ2) is 5.46. The van der Waals surface area contributed by atoms with Crippen LogP contribution in [0.4, 0.5) is 4.39 Å². The van der Waals surface area contributed by atoms with Crippen LogP contribution in [0.3, 0.4) is 0 Å². The van der Waals surface area contributed by atoms with Gasteiger partial charge in [0.1, 0.15) is 11.4 Å². The molecule has 18 heavy (non-hydrogen) atoms. The topological polar surface area (TPSA) is 58.6 Å². The van der Waals surface area contributed by atoms with Crippen LogP contribution in [0.5, 0.6) is 0 Å². The zero-order chi connectivity index (χ0) is 13.0. The fourth-order valence-corrected chi connectivity index (χ4v) is 1.88. The van der Waals surface area contributed by atoms with Crippen LogP contribution in [0.25, 0.3) is 0 Å². The molecule has 1 aliphatic rings. The van der Waals surface area contributed by atoms with Crippen molar-refractivity contribution in [3.05, 3.63) is 35.6 Å². The highest BCUT2D eigenvalue weighted by Gasteiger charge is 2.32. The Bertz CT molecular complexity index is 430. The molecule has 1 aliphatic heterocycles. The van der Waals surface area contributed by atoms with Gasteiger partial charge in [0.2, 0.25) is 5.91 Å². The Morgan fingerprint density at radius 1 is 1.50 bits per heavy atom. The van der Waals surface area contributed by atoms with Gasteiger partial charge in [-0.15, -0.1) is 0 Å². The molecule has 0 radical (unpaired) electrons. The molecule has 1 saturated heterocycles. The molecule has 1 amide bonds. The first kappa shape index (κ1) is 13.0. The monoisotopic (exact) mass is 253 g/mol. The largest absolute Gasteiger partial charge is 0.386 e. The molecule has 98 valence electrons. The lowest BCUT2D eigenvalue weighted by atomic mass is 10.0. The fourth-order valence-electron chi connectivity index (χ4n) is 1.88. The average molecular weight is 253 g/mol. The Labute approximate surface area is 105 Å². The highest BCUT2D eigenvalue weighted by Crippen LogP contribution is 2.17. The van der Waals surface area contributed by atoms with Crippen molar-refractivity contribution in [1.29, 1.82) is 0 Å². The Morgan fingerprint density at radius 3 is 2.94 bits per heavy atom. The van der Waals surface area contributed by atoms with Gasteiger partial charge >= 0.3 is 0 Å². The number of amides is 1. The average Bonchev–Trinajstić information content (AvgIpc) is 2.77. The predicted octanol–water partition coefficient (Wildman–Crippen LogP) is 0.636. The molecule has 1 fully saturated rings. The van der Waals surface area contributed by atoms with Crippen molar-refractivity contribution in [3.63, 3.8) is 0 Å². The second-order valence-corrected chi connectivity index (χ2v) is 4.57. The van der Waals surface area contributed by atoms with E-state index in [1.165, 1.54) is 6.07 Å². The molecule has 0 saturated carbocycles. The maximum atomic E-state index is 13.3. The van der Waals surface area contributed by atoms with E-state index in [1.54, 1.807) is 18.2 Å². The summed E-state index contributed by atoms with van der Waals surface area (Å²) in [5.41, 5.74) is -0.630. The quantitative estimate of drug-likeness (QED) is 0.827. The number of hydrogen-bond donors (Lipinski definition) is 2. The summed E-state index contributed by atoms with van der Waals surface area (Å²) in [6.07, 6.45) is 0.483. The van der Waals surface area contributed by atoms with Gasteiger partial charge in [0.05, 0.1) is 13.0 Å². The lowest BCUT2D eigenvalue weighted by Crippen LogP contribution is -2.43. The Balaban J connectivity index is 1.84. The molecule has 1 atom stereocenters. The molecule has 2 rings (SSSR count). The molecule has 1 aromatic carbocycles. The van der Waals surface area contributed by atoms with Crippen molar-refractivity contribution in [3.8, 4) is 0 Å². The van der Waals surface area contributed by atoms with Crippen LogP contribution >= 0.6 is 0 Å². The first-order valence-electron chi connectivity index (χ1n) is 5.89. The maximum Gasteiger partial charge on any atom is 0.224 e. The molecule has 0 bridgehead atoms. The predicted molar refractivity (Wildman–Crippen MR) is 63.5 cm³/mol. The summed E-state index contributed by atoms with van der Waals surface area (Å²) < 4.78 is 18.4. The highest BCUT2D eigenvalue weighted by molar-refractivity contribution is 5.78. The SMILES string of the molecule is O=C(Cc1ccccc1F)NCC1(O)CCOC1. The van der Waals surface area contributed by atoms with Gasteiger partial charge in [-0.25, -0.2) is 4.39 Å². The summed E-state index contributed by atoms with van der Waals surface area (Å²) in [6.45, 7) is 0.868. The molecule has 1 heterocycles. The minimum absolute atomic E-state index is 0.0242. The van der Waals surface area contributed by atoms with E-state index in [4.69, 9.17) is 4.74 Å². The van der Waals surface area contributed by atoms with Crippen molar-refractivity contribution in [2.75, 3.05) is 19.8 Å². The van der Waals surface area contributed by atoms with Gasteiger partial charge in [0, 0.05) is 19.6 Å². The molecule has 0 spiro atoms. The van der Waals surface area contributed by atoms with Gasteiger partial charge in [-0.05, 0) is 11.6 Å². The summed E-state index contributed by atoms with van der Waals surface area (Å²) >= 11 is 0. The van der Waals surface area contributed by atoms with E-state index in [0.29, 0.717) is 18.6 Å². The van der Waals surface area contributed by atoms with Gasteiger partial charge in [-0.3, -0.25) is 4.79 Å². The maximum absolute atomic E-state index is 13.3. The molecular weight excluding hydrogens is 237 g/mol. The number of carbonyl (C=O) groups is 1. The normalized spacial score (nSPS) is 23.0. The Morgan fingerprint density at radius 2 is 2.28 bits per heavy atom. The van der Waals surface area contributed by atoms with Crippen LogP contribution in [0.15, 0.2) is 24.3 Å². The molecule has 4 nitrogen and oxygen atoms in total. The van der Waals surface area contributed by atoms with E-state index in [0.717, 1.165) is 0 Å². The van der Waals surface area contributed by atoms with E-state index in [2.05, 4.69) is 5.32 Å². The number of benzene rings is 1. The number of hydrogen-bond acceptors (Lipinski definition) is 3. The van der Waals surface area contributed by atoms with Crippen LogP contribution in [0, 0.1) is 5.82 Å². The summed E-state index contributed by atoms with van der Waals surface area (Å²) in [4.78, 5) is 11.6. The van der Waals surface area contributed by atoms with E-state index in [-0.39, 0.29) is 25.5 Å². The summed E-state index contributed by atoms with van der Waals surface area (Å²) in [5, 5.41) is 12.6. The van der Waals surface area contributed by atoms with Gasteiger partial charge in [0.15, 0.2) is 0 Å². The van der Waals surface area contributed by atoms with Crippen LogP contribution in [0.2, 0.25) is 0 Å². The van der Waals surface area contributed by atoms with Crippen molar-refractivity contribution in [1.82, 2.24) is 5.32 Å². The minimum atomic E-state index is -0.981. The number of carbonyl (C=O) groups excluding carboxylic acids is 1. The molecular formula is C13H16FNO3. The second-order valence-electron chi connectivity index (χ2n) is 4.57. The summed E-state index contributed by atoms with van der Waals surface area (Å²) in [6, 6.07) is 6.16. The van der Waals surface area contributed by atoms with Crippen LogP contribution in [-0.2, 0) is 16.0 Å². The molecule has 0 aromatic heterocycles. The Hall–Kier alpha value is -1.46. The number of aliphatic hydroxyl groups is 1. The zero-order valence-electron chi connectivity index (χ0n) is 9.99. The third-order valence-corrected chi connectivity index (χ3v) is 3.01. The number of halogens is 1. The molecule has 2 N–H and O–H groups in total. The van der Waals surface area contributed by atoms with Crippen molar-refractivity contribution in [2.45, 2.75) is 18.4 Å². The third-order valence-electron chi connectivity index (χ3n) is 3.01. The number of rotatable bonds is 4. The van der Waals surface area contributed by atoms with E-state index in [9.17, 15) is 14.3 Å². The van der Waals surface area contributed by atoms with Gasteiger partial charge < -0.3 is 15.2 Å². The van der Waals surface area contributed by atoms with E-state index < -0.39 is 11.4 Å². The number of nitrogens with one attached hydrogen (secondary N) is 1. The van der Waals surface area contributed by atoms with Crippen molar-refractivity contribution in [2.24, 2.45) is 0 Å². The lowest BCUT2D eigenvalue weighted by Gasteiger charge is -2.20. The van der Waals surface area contributed by atoms with E-state index >= 15 is 0 Å². The molecule has 1 aromatic rings. The third kappa shape index (κ3) is 3.27. The summed E-state index contributed by atoms with van der Waals surface area (Å²) in [7, 11) is 0. The smallest absolute Gasteiger partial charge is 0.224 e. The van der Waals surface area contributed by atoms with E-state index in [1.807, 2.05) is 0 Å². The molecule has 0 aliphatic carbocycles. The number of ether oxygens (including phenoxy) is 1. The van der Waals surface area contributed by atoms with Gasteiger partial charge in [0.25, 0.3) is 0 Å². The highest BCUT2D eigenvalue weighted by atomic mass is 19.1. The van der Waals surface area contributed by atoms with Crippen LogP contribution in [0.1, 0.15) is 12.0 Å². The zero-order valence-corrected chi connectivity index (χ0v) is 9.99. The van der Waals surface area contributed by atoms with Crippen LogP contribution < -0.4 is 5.32 Å². The molecule has 5 heteroatoms. The standard InChI is InChI=1S/C13H16FNO3/c14-11-4-2-1-3-10(11)7-12(16)15-8-13(17)5-6-18-9-13/h1-4,17H,5-9H2,(H,15,16). The Kier molecular flexibility index (Phi) is 3.93. The van der Waals surface area contributed by atoms with Crippen LogP contribution in [-0.4, -0.2) is 36.4 Å².